The molecule has 2 aliphatic heterocycles. The Labute approximate surface area is 185 Å². The van der Waals surface area contributed by atoms with Crippen LogP contribution in [0.1, 0.15) is 37.6 Å². The summed E-state index contributed by atoms with van der Waals surface area (Å²) in [6.45, 7) is 12.4. The van der Waals surface area contributed by atoms with Crippen LogP contribution in [0.25, 0.3) is 0 Å². The molecule has 2 saturated heterocycles. The molecule has 0 bridgehead atoms. The van der Waals surface area contributed by atoms with Crippen LogP contribution in [-0.4, -0.2) is 82.7 Å². The number of ether oxygens (including phenoxy) is 5. The van der Waals surface area contributed by atoms with Gasteiger partial charge in [0, 0.05) is 43.8 Å². The highest BCUT2D eigenvalue weighted by atomic mass is 16.5. The molecule has 8 nitrogen and oxygen atoms in total. The average Bonchev–Trinajstić information content (AvgIpc) is 3.31. The van der Waals surface area contributed by atoms with Gasteiger partial charge in [-0.1, -0.05) is 0 Å². The first-order valence-electron chi connectivity index (χ1n) is 11.4. The molecule has 31 heavy (non-hydrogen) atoms. The zero-order chi connectivity index (χ0) is 22.1. The second-order valence-electron chi connectivity index (χ2n) is 7.65. The van der Waals surface area contributed by atoms with E-state index in [2.05, 4.69) is 10.2 Å². The van der Waals surface area contributed by atoms with Crippen molar-refractivity contribution in [1.82, 2.24) is 10.2 Å². The van der Waals surface area contributed by atoms with Gasteiger partial charge in [-0.2, -0.15) is 0 Å². The summed E-state index contributed by atoms with van der Waals surface area (Å²) < 4.78 is 28.4. The highest BCUT2D eigenvalue weighted by Crippen LogP contribution is 2.39. The Bertz CT molecular complexity index is 674. The second kappa shape index (κ2) is 12.1. The molecule has 8 heteroatoms. The summed E-state index contributed by atoms with van der Waals surface area (Å²) in [6.07, 6.45) is 1.02. The first-order chi connectivity index (χ1) is 15.2. The van der Waals surface area contributed by atoms with Gasteiger partial charge in [-0.05, 0) is 39.3 Å². The quantitative estimate of drug-likeness (QED) is 0.570. The van der Waals surface area contributed by atoms with E-state index >= 15 is 0 Å². The third kappa shape index (κ3) is 6.24. The van der Waals surface area contributed by atoms with E-state index < -0.39 is 0 Å². The number of rotatable bonds is 11. The van der Waals surface area contributed by atoms with Crippen molar-refractivity contribution >= 4 is 5.91 Å². The van der Waals surface area contributed by atoms with Gasteiger partial charge in [0.25, 0.3) is 5.91 Å². The third-order valence-corrected chi connectivity index (χ3v) is 5.67. The van der Waals surface area contributed by atoms with Crippen LogP contribution in [0.3, 0.4) is 0 Å². The van der Waals surface area contributed by atoms with Crippen molar-refractivity contribution in [2.75, 3.05) is 65.9 Å². The Morgan fingerprint density at radius 1 is 1.03 bits per heavy atom. The number of carbonyl (C=O) groups is 1. The molecule has 2 aliphatic rings. The molecule has 2 unspecified atom stereocenters. The van der Waals surface area contributed by atoms with Crippen molar-refractivity contribution in [2.45, 2.75) is 33.2 Å². The molecule has 0 spiro atoms. The van der Waals surface area contributed by atoms with Gasteiger partial charge >= 0.3 is 0 Å². The molecule has 0 aliphatic carbocycles. The Hall–Kier alpha value is -2.03. The van der Waals surface area contributed by atoms with Gasteiger partial charge in [-0.25, -0.2) is 0 Å². The molecule has 2 fully saturated rings. The number of carbonyl (C=O) groups excluding carboxylic acids is 1. The Morgan fingerprint density at radius 2 is 1.68 bits per heavy atom. The smallest absolute Gasteiger partial charge is 0.251 e. The number of hydrogen-bond donors (Lipinski definition) is 1. The van der Waals surface area contributed by atoms with Crippen LogP contribution in [0.2, 0.25) is 0 Å². The van der Waals surface area contributed by atoms with E-state index in [1.165, 1.54) is 0 Å². The van der Waals surface area contributed by atoms with Crippen LogP contribution >= 0.6 is 0 Å². The molecule has 2 heterocycles. The van der Waals surface area contributed by atoms with Crippen molar-refractivity contribution in [1.29, 1.82) is 0 Å². The van der Waals surface area contributed by atoms with Crippen molar-refractivity contribution < 1.29 is 28.5 Å². The van der Waals surface area contributed by atoms with E-state index in [4.69, 9.17) is 23.7 Å². The van der Waals surface area contributed by atoms with Gasteiger partial charge < -0.3 is 29.0 Å². The molecule has 174 valence electrons. The minimum atomic E-state index is -0.151. The lowest BCUT2D eigenvalue weighted by molar-refractivity contribution is 0.00166. The summed E-state index contributed by atoms with van der Waals surface area (Å²) >= 11 is 0. The number of benzene rings is 1. The molecular weight excluding hydrogens is 400 g/mol. The van der Waals surface area contributed by atoms with E-state index in [0.717, 1.165) is 45.9 Å². The lowest BCUT2D eigenvalue weighted by atomic mass is 9.96. The first kappa shape index (κ1) is 23.6. The minimum Gasteiger partial charge on any atom is -0.490 e. The topological polar surface area (TPSA) is 78.5 Å². The van der Waals surface area contributed by atoms with E-state index in [-0.39, 0.29) is 11.9 Å². The molecule has 2 atom stereocenters. The summed E-state index contributed by atoms with van der Waals surface area (Å²) in [4.78, 5) is 15.5. The summed E-state index contributed by atoms with van der Waals surface area (Å²) in [5.41, 5.74) is 0.499. The normalized spacial score (nSPS) is 20.3. The summed E-state index contributed by atoms with van der Waals surface area (Å²) in [7, 11) is 0. The highest BCUT2D eigenvalue weighted by Gasteiger charge is 2.32. The zero-order valence-electron chi connectivity index (χ0n) is 19.0. The summed E-state index contributed by atoms with van der Waals surface area (Å²) in [5, 5.41) is 3.13. The molecule has 1 amide bonds. The Kier molecular flexibility index (Phi) is 9.24. The summed E-state index contributed by atoms with van der Waals surface area (Å²) in [6, 6.07) is 3.69. The van der Waals surface area contributed by atoms with E-state index in [1.807, 2.05) is 20.8 Å². The third-order valence-electron chi connectivity index (χ3n) is 5.67. The van der Waals surface area contributed by atoms with Crippen molar-refractivity contribution in [2.24, 2.45) is 5.92 Å². The molecule has 0 radical (unpaired) electrons. The van der Waals surface area contributed by atoms with Crippen LogP contribution in [-0.2, 0) is 9.47 Å². The highest BCUT2D eigenvalue weighted by molar-refractivity contribution is 5.95. The zero-order valence-corrected chi connectivity index (χ0v) is 19.0. The molecule has 1 aromatic carbocycles. The number of amides is 1. The van der Waals surface area contributed by atoms with Crippen molar-refractivity contribution in [3.05, 3.63) is 17.7 Å². The Morgan fingerprint density at radius 3 is 2.23 bits per heavy atom. The number of nitrogens with zero attached hydrogens (tertiary/aromatic N) is 1. The maximum atomic E-state index is 13.1. The first-order valence-corrected chi connectivity index (χ1v) is 11.4. The minimum absolute atomic E-state index is 0.151. The van der Waals surface area contributed by atoms with Crippen LogP contribution < -0.4 is 19.5 Å². The van der Waals surface area contributed by atoms with E-state index in [0.29, 0.717) is 55.1 Å². The van der Waals surface area contributed by atoms with Gasteiger partial charge in [0.15, 0.2) is 11.5 Å². The van der Waals surface area contributed by atoms with Gasteiger partial charge in [0.1, 0.15) is 0 Å². The van der Waals surface area contributed by atoms with Crippen LogP contribution in [0.4, 0.5) is 0 Å². The van der Waals surface area contributed by atoms with E-state index in [1.54, 1.807) is 12.1 Å². The van der Waals surface area contributed by atoms with Gasteiger partial charge in [-0.3, -0.25) is 9.69 Å². The van der Waals surface area contributed by atoms with Crippen molar-refractivity contribution in [3.63, 3.8) is 0 Å². The molecule has 1 aromatic rings. The monoisotopic (exact) mass is 436 g/mol. The summed E-state index contributed by atoms with van der Waals surface area (Å²) in [5.74, 6) is 1.85. The van der Waals surface area contributed by atoms with E-state index in [9.17, 15) is 4.79 Å². The Balaban J connectivity index is 1.75. The SMILES string of the molecule is CCOc1cc(C(=O)NCC(C2CCOC2)N2CCOCC2)cc(OCC)c1OCC. The number of hydrogen-bond acceptors (Lipinski definition) is 7. The predicted molar refractivity (Wildman–Crippen MR) is 117 cm³/mol. The number of morpholine rings is 1. The maximum absolute atomic E-state index is 13.1. The van der Waals surface area contributed by atoms with Crippen LogP contribution in [0.5, 0.6) is 17.2 Å². The molecule has 3 rings (SSSR count). The molecule has 0 aromatic heterocycles. The fourth-order valence-electron chi connectivity index (χ4n) is 4.18. The average molecular weight is 437 g/mol. The number of nitrogens with one attached hydrogen (secondary N) is 1. The standard InChI is InChI=1S/C23H36N2O6/c1-4-29-20-13-18(14-21(30-5-2)22(20)31-6-3)23(26)24-15-19(17-7-10-28-16-17)25-8-11-27-12-9-25/h13-14,17,19H,4-12,15-16H2,1-3H3,(H,24,26). The van der Waals surface area contributed by atoms with Crippen LogP contribution in [0, 0.1) is 5.92 Å². The predicted octanol–water partition coefficient (Wildman–Crippen LogP) is 2.35. The lowest BCUT2D eigenvalue weighted by Gasteiger charge is -2.37. The fourth-order valence-corrected chi connectivity index (χ4v) is 4.18. The van der Waals surface area contributed by atoms with Gasteiger partial charge in [-0.15, -0.1) is 0 Å². The maximum Gasteiger partial charge on any atom is 0.251 e. The molecule has 0 saturated carbocycles. The second-order valence-corrected chi connectivity index (χ2v) is 7.65. The van der Waals surface area contributed by atoms with Gasteiger partial charge in [0.05, 0.1) is 39.6 Å². The van der Waals surface area contributed by atoms with Crippen LogP contribution in [0.15, 0.2) is 12.1 Å². The molecular formula is C23H36N2O6. The lowest BCUT2D eigenvalue weighted by Crippen LogP contribution is -2.52. The molecule has 1 N–H and O–H groups in total. The largest absolute Gasteiger partial charge is 0.490 e. The fraction of sp³-hybridized carbons (Fsp3) is 0.696. The van der Waals surface area contributed by atoms with Crippen molar-refractivity contribution in [3.8, 4) is 17.2 Å². The van der Waals surface area contributed by atoms with Gasteiger partial charge in [0.2, 0.25) is 5.75 Å².